The first kappa shape index (κ1) is 12.2. The minimum absolute atomic E-state index is 0.0444. The number of carbonyl (C=O) groups is 2. The summed E-state index contributed by atoms with van der Waals surface area (Å²) in [5.41, 5.74) is 2.00. The maximum Gasteiger partial charge on any atom is 0.250 e. The van der Waals surface area contributed by atoms with E-state index in [-0.39, 0.29) is 24.4 Å². The van der Waals surface area contributed by atoms with Crippen LogP contribution < -0.4 is 10.2 Å². The number of benzene rings is 1. The molecule has 0 radical (unpaired) electrons. The Morgan fingerprint density at radius 3 is 2.68 bits per heavy atom. The van der Waals surface area contributed by atoms with Crippen molar-refractivity contribution in [3.8, 4) is 0 Å². The normalized spacial score (nSPS) is 23.4. The molecule has 0 bridgehead atoms. The van der Waals surface area contributed by atoms with Crippen molar-refractivity contribution in [1.82, 2.24) is 5.32 Å². The van der Waals surface area contributed by atoms with Crippen molar-refractivity contribution >= 4 is 17.5 Å². The number of rotatable bonds is 3. The van der Waals surface area contributed by atoms with Crippen molar-refractivity contribution in [2.45, 2.75) is 32.2 Å². The molecule has 1 N–H and O–H groups in total. The van der Waals surface area contributed by atoms with Gasteiger partial charge in [0, 0.05) is 5.69 Å². The van der Waals surface area contributed by atoms with Crippen LogP contribution in [0.3, 0.4) is 0 Å². The molecule has 3 rings (SSSR count). The molecule has 0 aromatic heterocycles. The highest BCUT2D eigenvalue weighted by molar-refractivity contribution is 6.07. The standard InChI is InChI=1S/C15H18N2O2/c1-2-10-5-3-4-6-12(10)17-9-13(18)16-14(15(17)19)11-7-8-11/h3-6,11,14H,2,7-9H2,1H3,(H,16,18). The van der Waals surface area contributed by atoms with Crippen molar-refractivity contribution in [2.24, 2.45) is 5.92 Å². The van der Waals surface area contributed by atoms with E-state index >= 15 is 0 Å². The topological polar surface area (TPSA) is 49.4 Å². The first-order valence-corrected chi connectivity index (χ1v) is 6.89. The lowest BCUT2D eigenvalue weighted by molar-refractivity contribution is -0.131. The van der Waals surface area contributed by atoms with Crippen LogP contribution in [-0.2, 0) is 16.0 Å². The van der Waals surface area contributed by atoms with Gasteiger partial charge in [0.2, 0.25) is 11.8 Å². The van der Waals surface area contributed by atoms with Gasteiger partial charge in [-0.1, -0.05) is 25.1 Å². The molecule has 4 heteroatoms. The predicted molar refractivity (Wildman–Crippen MR) is 72.8 cm³/mol. The second-order valence-electron chi connectivity index (χ2n) is 5.29. The Balaban J connectivity index is 1.93. The number of nitrogens with zero attached hydrogens (tertiary/aromatic N) is 1. The average Bonchev–Trinajstić information content (AvgIpc) is 3.25. The summed E-state index contributed by atoms with van der Waals surface area (Å²) in [6.07, 6.45) is 2.94. The van der Waals surface area contributed by atoms with Crippen LogP contribution in [0.25, 0.3) is 0 Å². The predicted octanol–water partition coefficient (Wildman–Crippen LogP) is 1.49. The molecule has 1 aliphatic heterocycles. The van der Waals surface area contributed by atoms with Crippen LogP contribution in [0.5, 0.6) is 0 Å². The summed E-state index contributed by atoms with van der Waals surface area (Å²) in [6.45, 7) is 2.20. The van der Waals surface area contributed by atoms with Gasteiger partial charge in [0.25, 0.3) is 0 Å². The van der Waals surface area contributed by atoms with E-state index in [1.54, 1.807) is 4.90 Å². The molecule has 1 saturated carbocycles. The van der Waals surface area contributed by atoms with Gasteiger partial charge in [-0.25, -0.2) is 0 Å². The van der Waals surface area contributed by atoms with E-state index in [1.165, 1.54) is 0 Å². The second-order valence-corrected chi connectivity index (χ2v) is 5.29. The molecule has 2 fully saturated rings. The Kier molecular flexibility index (Phi) is 3.01. The molecule has 19 heavy (non-hydrogen) atoms. The quantitative estimate of drug-likeness (QED) is 0.893. The molecule has 1 atom stereocenters. The third-order valence-corrected chi connectivity index (χ3v) is 3.91. The summed E-state index contributed by atoms with van der Waals surface area (Å²) in [4.78, 5) is 26.0. The first-order chi connectivity index (χ1) is 9.20. The van der Waals surface area contributed by atoms with E-state index in [0.717, 1.165) is 30.5 Å². The Bertz CT molecular complexity index is 523. The average molecular weight is 258 g/mol. The second kappa shape index (κ2) is 4.68. The molecule has 2 aliphatic rings. The highest BCUT2D eigenvalue weighted by atomic mass is 16.2. The monoisotopic (exact) mass is 258 g/mol. The molecule has 2 amide bonds. The summed E-state index contributed by atoms with van der Waals surface area (Å²) >= 11 is 0. The van der Waals surface area contributed by atoms with Gasteiger partial charge in [-0.15, -0.1) is 0 Å². The largest absolute Gasteiger partial charge is 0.342 e. The lowest BCUT2D eigenvalue weighted by Crippen LogP contribution is -2.59. The molecule has 1 aromatic rings. The van der Waals surface area contributed by atoms with Crippen molar-refractivity contribution < 1.29 is 9.59 Å². The number of carbonyl (C=O) groups excluding carboxylic acids is 2. The SMILES string of the molecule is CCc1ccccc1N1CC(=O)NC(C2CC2)C1=O. The van der Waals surface area contributed by atoms with Crippen molar-refractivity contribution in [3.05, 3.63) is 29.8 Å². The number of nitrogens with one attached hydrogen (secondary N) is 1. The van der Waals surface area contributed by atoms with Crippen LogP contribution in [-0.4, -0.2) is 24.4 Å². The van der Waals surface area contributed by atoms with Crippen LogP contribution in [0, 0.1) is 5.92 Å². The number of aryl methyl sites for hydroxylation is 1. The van der Waals surface area contributed by atoms with E-state index in [1.807, 2.05) is 24.3 Å². The first-order valence-electron chi connectivity index (χ1n) is 6.89. The van der Waals surface area contributed by atoms with E-state index in [4.69, 9.17) is 0 Å². The van der Waals surface area contributed by atoms with Crippen molar-refractivity contribution in [3.63, 3.8) is 0 Å². The molecule has 1 aliphatic carbocycles. The molecule has 1 unspecified atom stereocenters. The minimum Gasteiger partial charge on any atom is -0.342 e. The van der Waals surface area contributed by atoms with Crippen molar-refractivity contribution in [2.75, 3.05) is 11.4 Å². The van der Waals surface area contributed by atoms with Crippen LogP contribution in [0.4, 0.5) is 5.69 Å². The lowest BCUT2D eigenvalue weighted by atomic mass is 10.0. The summed E-state index contributed by atoms with van der Waals surface area (Å²) in [7, 11) is 0. The maximum atomic E-state index is 12.5. The van der Waals surface area contributed by atoms with Gasteiger partial charge in [-0.2, -0.15) is 0 Å². The number of para-hydroxylation sites is 1. The van der Waals surface area contributed by atoms with Gasteiger partial charge in [0.05, 0.1) is 0 Å². The van der Waals surface area contributed by atoms with E-state index < -0.39 is 0 Å². The molecule has 100 valence electrons. The zero-order chi connectivity index (χ0) is 13.4. The third kappa shape index (κ3) is 2.23. The van der Waals surface area contributed by atoms with Crippen molar-refractivity contribution in [1.29, 1.82) is 0 Å². The molecule has 1 heterocycles. The molecule has 1 aromatic carbocycles. The fourth-order valence-electron chi connectivity index (χ4n) is 2.70. The van der Waals surface area contributed by atoms with E-state index in [2.05, 4.69) is 12.2 Å². The number of piperazine rings is 1. The van der Waals surface area contributed by atoms with Gasteiger partial charge in [0.15, 0.2) is 0 Å². The van der Waals surface area contributed by atoms with Gasteiger partial charge in [0.1, 0.15) is 12.6 Å². The maximum absolute atomic E-state index is 12.5. The Morgan fingerprint density at radius 1 is 1.26 bits per heavy atom. The van der Waals surface area contributed by atoms with Crippen LogP contribution in [0.1, 0.15) is 25.3 Å². The molecular weight excluding hydrogens is 240 g/mol. The van der Waals surface area contributed by atoms with Gasteiger partial charge >= 0.3 is 0 Å². The smallest absolute Gasteiger partial charge is 0.250 e. The van der Waals surface area contributed by atoms with Crippen LogP contribution >= 0.6 is 0 Å². The summed E-state index contributed by atoms with van der Waals surface area (Å²) in [5.74, 6) is 0.332. The Hall–Kier alpha value is -1.84. The zero-order valence-corrected chi connectivity index (χ0v) is 11.1. The summed E-state index contributed by atoms with van der Waals surface area (Å²) in [6, 6.07) is 7.52. The number of hydrogen-bond acceptors (Lipinski definition) is 2. The number of hydrogen-bond donors (Lipinski definition) is 1. The Morgan fingerprint density at radius 2 is 2.00 bits per heavy atom. The fourth-order valence-corrected chi connectivity index (χ4v) is 2.70. The zero-order valence-electron chi connectivity index (χ0n) is 11.1. The van der Waals surface area contributed by atoms with Crippen LogP contribution in [0.2, 0.25) is 0 Å². The Labute approximate surface area is 112 Å². The number of amides is 2. The highest BCUT2D eigenvalue weighted by Crippen LogP contribution is 2.35. The van der Waals surface area contributed by atoms with E-state index in [9.17, 15) is 9.59 Å². The van der Waals surface area contributed by atoms with Gasteiger partial charge in [-0.05, 0) is 36.8 Å². The fraction of sp³-hybridized carbons (Fsp3) is 0.467. The lowest BCUT2D eigenvalue weighted by Gasteiger charge is -2.33. The molecule has 0 spiro atoms. The minimum atomic E-state index is -0.314. The summed E-state index contributed by atoms with van der Waals surface area (Å²) < 4.78 is 0. The molecule has 1 saturated heterocycles. The van der Waals surface area contributed by atoms with Gasteiger partial charge < -0.3 is 10.2 Å². The molecule has 4 nitrogen and oxygen atoms in total. The summed E-state index contributed by atoms with van der Waals surface area (Å²) in [5, 5.41) is 2.84. The van der Waals surface area contributed by atoms with Gasteiger partial charge in [-0.3, -0.25) is 9.59 Å². The van der Waals surface area contributed by atoms with E-state index in [0.29, 0.717) is 5.92 Å². The van der Waals surface area contributed by atoms with Crippen LogP contribution in [0.15, 0.2) is 24.3 Å². The molecular formula is C15H18N2O2. The number of anilines is 1. The highest BCUT2D eigenvalue weighted by Gasteiger charge is 2.43. The third-order valence-electron chi connectivity index (χ3n) is 3.91.